The number of hydrogen-bond acceptors (Lipinski definition) is 5. The lowest BCUT2D eigenvalue weighted by Gasteiger charge is -2.20. The summed E-state index contributed by atoms with van der Waals surface area (Å²) in [6.45, 7) is -0.440. The van der Waals surface area contributed by atoms with Crippen molar-refractivity contribution in [3.63, 3.8) is 0 Å². The molecule has 0 radical (unpaired) electrons. The van der Waals surface area contributed by atoms with Crippen LogP contribution < -0.4 is 5.32 Å². The van der Waals surface area contributed by atoms with Crippen LogP contribution in [-0.2, 0) is 23.9 Å². The fraction of sp³-hybridized carbons (Fsp3) is 0.524. The van der Waals surface area contributed by atoms with Gasteiger partial charge in [-0.1, -0.05) is 43.2 Å². The first-order valence-electron chi connectivity index (χ1n) is 9.94. The summed E-state index contributed by atoms with van der Waals surface area (Å²) in [6, 6.07) is 8.89. The van der Waals surface area contributed by atoms with Gasteiger partial charge in [0.15, 0.2) is 0 Å². The lowest BCUT2D eigenvalue weighted by Crippen LogP contribution is -2.39. The summed E-state index contributed by atoms with van der Waals surface area (Å²) in [4.78, 5) is 51.2. The molecule has 1 aromatic carbocycles. The van der Waals surface area contributed by atoms with Crippen molar-refractivity contribution in [3.8, 4) is 0 Å². The number of carbonyl (C=O) groups is 4. The lowest BCUT2D eigenvalue weighted by molar-refractivity contribution is -0.160. The molecule has 0 unspecified atom stereocenters. The van der Waals surface area contributed by atoms with Crippen molar-refractivity contribution in [2.45, 2.75) is 50.7 Å². The van der Waals surface area contributed by atoms with Gasteiger partial charge in [0.05, 0.1) is 11.8 Å². The molecule has 4 rings (SSSR count). The average molecular weight is 384 g/mol. The van der Waals surface area contributed by atoms with Crippen LogP contribution in [0, 0.1) is 11.8 Å². The van der Waals surface area contributed by atoms with Gasteiger partial charge in [-0.05, 0) is 25.7 Å². The van der Waals surface area contributed by atoms with E-state index in [9.17, 15) is 19.2 Å². The van der Waals surface area contributed by atoms with Gasteiger partial charge in [0.1, 0.15) is 6.54 Å². The number of likely N-dealkylation sites (tertiary alicyclic amines) is 1. The molecule has 3 fully saturated rings. The van der Waals surface area contributed by atoms with Gasteiger partial charge in [0.25, 0.3) is 5.91 Å². The Labute approximate surface area is 163 Å². The fourth-order valence-electron chi connectivity index (χ4n) is 4.09. The second kappa shape index (κ2) is 7.73. The molecule has 0 bridgehead atoms. The molecule has 1 saturated heterocycles. The van der Waals surface area contributed by atoms with Crippen LogP contribution in [0.4, 0.5) is 0 Å². The molecular weight excluding hydrogens is 360 g/mol. The summed E-state index contributed by atoms with van der Waals surface area (Å²) in [6.07, 6.45) is 3.98. The molecule has 1 N–H and O–H groups in total. The number of fused-ring (bicyclic) bond motifs is 1. The second-order valence-corrected chi connectivity index (χ2v) is 7.82. The first kappa shape index (κ1) is 18.7. The SMILES string of the molecule is O=C(CN1C(=O)[C@H]2CCCC[C@H]2C1=O)O[C@H](C(=O)NC1CC1)c1ccccc1. The smallest absolute Gasteiger partial charge is 0.327 e. The quantitative estimate of drug-likeness (QED) is 0.596. The maximum atomic E-state index is 12.6. The van der Waals surface area contributed by atoms with Crippen molar-refractivity contribution in [2.75, 3.05) is 6.54 Å². The highest BCUT2D eigenvalue weighted by Crippen LogP contribution is 2.38. The van der Waals surface area contributed by atoms with Crippen molar-refractivity contribution >= 4 is 23.7 Å². The average Bonchev–Trinajstić information content (AvgIpc) is 3.50. The number of benzene rings is 1. The van der Waals surface area contributed by atoms with Crippen molar-refractivity contribution in [1.29, 1.82) is 0 Å². The Hall–Kier alpha value is -2.70. The third-order valence-corrected chi connectivity index (χ3v) is 5.73. The maximum Gasteiger partial charge on any atom is 0.327 e. The summed E-state index contributed by atoms with van der Waals surface area (Å²) in [5.74, 6) is -2.32. The number of ether oxygens (including phenoxy) is 1. The number of nitrogens with zero attached hydrogens (tertiary/aromatic N) is 1. The Kier molecular flexibility index (Phi) is 5.15. The Bertz CT molecular complexity index is 765. The van der Waals surface area contributed by atoms with Gasteiger partial charge in [-0.15, -0.1) is 0 Å². The molecule has 7 heteroatoms. The highest BCUT2D eigenvalue weighted by Gasteiger charge is 2.48. The van der Waals surface area contributed by atoms with Crippen LogP contribution in [0.15, 0.2) is 30.3 Å². The maximum absolute atomic E-state index is 12.6. The summed E-state index contributed by atoms with van der Waals surface area (Å²) < 4.78 is 5.44. The predicted octanol–water partition coefficient (Wildman–Crippen LogP) is 1.72. The highest BCUT2D eigenvalue weighted by atomic mass is 16.5. The van der Waals surface area contributed by atoms with Gasteiger partial charge in [-0.2, -0.15) is 0 Å². The molecule has 2 aliphatic carbocycles. The molecule has 28 heavy (non-hydrogen) atoms. The molecule has 2 saturated carbocycles. The Morgan fingerprint density at radius 2 is 1.61 bits per heavy atom. The van der Waals surface area contributed by atoms with E-state index < -0.39 is 18.6 Å². The zero-order chi connectivity index (χ0) is 19.7. The Morgan fingerprint density at radius 3 is 2.18 bits per heavy atom. The standard InChI is InChI=1S/C21H24N2O5/c24-17(12-23-20(26)15-8-4-5-9-16(15)21(23)27)28-18(13-6-2-1-3-7-13)19(25)22-14-10-11-14/h1-3,6-7,14-16,18H,4-5,8-12H2,(H,22,25)/t15-,16+,18-/m0/s1. The van der Waals surface area contributed by atoms with Gasteiger partial charge in [-0.25, -0.2) is 0 Å². The monoisotopic (exact) mass is 384 g/mol. The number of amides is 3. The van der Waals surface area contributed by atoms with Gasteiger partial charge in [-0.3, -0.25) is 24.1 Å². The lowest BCUT2D eigenvalue weighted by atomic mass is 9.81. The molecule has 3 amide bonds. The van der Waals surface area contributed by atoms with E-state index in [2.05, 4.69) is 5.32 Å². The molecule has 3 aliphatic rings. The molecule has 148 valence electrons. The molecule has 0 spiro atoms. The van der Waals surface area contributed by atoms with E-state index in [1.807, 2.05) is 6.07 Å². The molecule has 7 nitrogen and oxygen atoms in total. The molecule has 1 heterocycles. The van der Waals surface area contributed by atoms with E-state index in [1.54, 1.807) is 24.3 Å². The molecular formula is C21H24N2O5. The van der Waals surface area contributed by atoms with E-state index in [0.717, 1.165) is 30.6 Å². The molecule has 3 atom stereocenters. The zero-order valence-corrected chi connectivity index (χ0v) is 15.6. The van der Waals surface area contributed by atoms with Crippen LogP contribution in [0.2, 0.25) is 0 Å². The summed E-state index contributed by atoms with van der Waals surface area (Å²) in [5, 5.41) is 2.85. The third kappa shape index (κ3) is 3.79. The summed E-state index contributed by atoms with van der Waals surface area (Å²) in [7, 11) is 0. The molecule has 0 aromatic heterocycles. The summed E-state index contributed by atoms with van der Waals surface area (Å²) in [5.41, 5.74) is 0.557. The van der Waals surface area contributed by atoms with Crippen LogP contribution in [0.25, 0.3) is 0 Å². The minimum absolute atomic E-state index is 0.127. The normalized spacial score (nSPS) is 25.2. The van der Waals surface area contributed by atoms with E-state index in [0.29, 0.717) is 18.4 Å². The van der Waals surface area contributed by atoms with Crippen molar-refractivity contribution in [2.24, 2.45) is 11.8 Å². The van der Waals surface area contributed by atoms with Crippen molar-refractivity contribution < 1.29 is 23.9 Å². The van der Waals surface area contributed by atoms with Gasteiger partial charge < -0.3 is 10.1 Å². The van der Waals surface area contributed by atoms with Crippen LogP contribution in [-0.4, -0.2) is 41.2 Å². The van der Waals surface area contributed by atoms with Crippen molar-refractivity contribution in [3.05, 3.63) is 35.9 Å². The van der Waals surface area contributed by atoms with Gasteiger partial charge in [0.2, 0.25) is 17.9 Å². The first-order chi connectivity index (χ1) is 13.5. The largest absolute Gasteiger partial charge is 0.446 e. The van der Waals surface area contributed by atoms with Crippen LogP contribution in [0.5, 0.6) is 0 Å². The van der Waals surface area contributed by atoms with Crippen LogP contribution in [0.1, 0.15) is 50.2 Å². The van der Waals surface area contributed by atoms with Crippen LogP contribution in [0.3, 0.4) is 0 Å². The first-order valence-corrected chi connectivity index (χ1v) is 9.94. The fourth-order valence-corrected chi connectivity index (χ4v) is 4.09. The number of esters is 1. The third-order valence-electron chi connectivity index (χ3n) is 5.73. The minimum atomic E-state index is -1.09. The van der Waals surface area contributed by atoms with E-state index in [4.69, 9.17) is 4.74 Å². The van der Waals surface area contributed by atoms with Gasteiger partial charge >= 0.3 is 5.97 Å². The highest BCUT2D eigenvalue weighted by molar-refractivity contribution is 6.07. The number of imide groups is 1. The van der Waals surface area contributed by atoms with Gasteiger partial charge in [0, 0.05) is 11.6 Å². The zero-order valence-electron chi connectivity index (χ0n) is 15.6. The van der Waals surface area contributed by atoms with E-state index in [-0.39, 0.29) is 35.6 Å². The topological polar surface area (TPSA) is 92.8 Å². The summed E-state index contributed by atoms with van der Waals surface area (Å²) >= 11 is 0. The van der Waals surface area contributed by atoms with Crippen molar-refractivity contribution in [1.82, 2.24) is 10.2 Å². The number of carbonyl (C=O) groups excluding carboxylic acids is 4. The molecule has 1 aromatic rings. The predicted molar refractivity (Wildman–Crippen MR) is 98.6 cm³/mol. The molecule has 1 aliphatic heterocycles. The van der Waals surface area contributed by atoms with E-state index >= 15 is 0 Å². The van der Waals surface area contributed by atoms with Crippen LogP contribution >= 0.6 is 0 Å². The number of nitrogens with one attached hydrogen (secondary N) is 1. The van der Waals surface area contributed by atoms with E-state index in [1.165, 1.54) is 0 Å². The number of rotatable bonds is 6. The Balaban J connectivity index is 1.44. The minimum Gasteiger partial charge on any atom is -0.446 e. The number of hydrogen-bond donors (Lipinski definition) is 1. The Morgan fingerprint density at radius 1 is 1.00 bits per heavy atom. The second-order valence-electron chi connectivity index (χ2n) is 7.82.